The third-order valence-corrected chi connectivity index (χ3v) is 11.3. The molecule has 0 amide bonds. The molecule has 0 spiro atoms. The van der Waals surface area contributed by atoms with Crippen LogP contribution in [0.15, 0.2) is 146 Å². The highest BCUT2D eigenvalue weighted by molar-refractivity contribution is 6.03. The first-order chi connectivity index (χ1) is 23.4. The Morgan fingerprint density at radius 3 is 1.19 bits per heavy atom. The smallest absolute Gasteiger partial charge is 0.0584 e. The van der Waals surface area contributed by atoms with Crippen LogP contribution in [0.1, 0.15) is 49.9 Å². The van der Waals surface area contributed by atoms with Crippen molar-refractivity contribution in [1.82, 2.24) is 9.13 Å². The van der Waals surface area contributed by atoms with Gasteiger partial charge in [-0.15, -0.1) is 0 Å². The Kier molecular flexibility index (Phi) is 5.44. The molecule has 0 saturated carbocycles. The van der Waals surface area contributed by atoms with E-state index in [-0.39, 0.29) is 10.8 Å². The van der Waals surface area contributed by atoms with Crippen molar-refractivity contribution < 1.29 is 0 Å². The SMILES string of the molecule is CC1(C)c2ccccc2-c2c1c1cc(-c3ccc4c(c3)c3c(n4-c4ccccc4)-c4ccccc4C3(C)C)ccc1n2-c1ccccc1. The summed E-state index contributed by atoms with van der Waals surface area (Å²) in [5, 5.41) is 2.65. The molecule has 230 valence electrons. The van der Waals surface area contributed by atoms with Gasteiger partial charge in [0.2, 0.25) is 0 Å². The summed E-state index contributed by atoms with van der Waals surface area (Å²) >= 11 is 0. The molecular weight excluding hydrogens is 581 g/mol. The lowest BCUT2D eigenvalue weighted by Gasteiger charge is -2.22. The van der Waals surface area contributed by atoms with Crippen LogP contribution in [0.3, 0.4) is 0 Å². The van der Waals surface area contributed by atoms with Crippen molar-refractivity contribution in [3.8, 4) is 45.0 Å². The molecular formula is C46H36N2. The van der Waals surface area contributed by atoms with E-state index in [0.29, 0.717) is 0 Å². The van der Waals surface area contributed by atoms with Crippen molar-refractivity contribution in [3.63, 3.8) is 0 Å². The third kappa shape index (κ3) is 3.47. The molecule has 0 unspecified atom stereocenters. The van der Waals surface area contributed by atoms with E-state index in [2.05, 4.69) is 182 Å². The van der Waals surface area contributed by atoms with Crippen molar-refractivity contribution in [2.45, 2.75) is 38.5 Å². The molecule has 0 bridgehead atoms. The molecule has 0 saturated heterocycles. The van der Waals surface area contributed by atoms with Gasteiger partial charge in [0.25, 0.3) is 0 Å². The average Bonchev–Trinajstić information content (AvgIpc) is 3.79. The van der Waals surface area contributed by atoms with Crippen LogP contribution in [-0.2, 0) is 10.8 Å². The van der Waals surface area contributed by atoms with Gasteiger partial charge >= 0.3 is 0 Å². The fraction of sp³-hybridized carbons (Fsp3) is 0.130. The lowest BCUT2D eigenvalue weighted by molar-refractivity contribution is 0.666. The van der Waals surface area contributed by atoms with Gasteiger partial charge in [0.15, 0.2) is 0 Å². The minimum absolute atomic E-state index is 0.115. The number of rotatable bonds is 3. The number of nitrogens with zero attached hydrogens (tertiary/aromatic N) is 2. The Morgan fingerprint density at radius 2 is 0.771 bits per heavy atom. The van der Waals surface area contributed by atoms with Crippen LogP contribution >= 0.6 is 0 Å². The Morgan fingerprint density at radius 1 is 0.396 bits per heavy atom. The predicted octanol–water partition coefficient (Wildman–Crippen LogP) is 11.9. The fourth-order valence-electron chi connectivity index (χ4n) is 9.15. The Hall–Kier alpha value is -5.60. The van der Waals surface area contributed by atoms with Crippen molar-refractivity contribution in [2.75, 3.05) is 0 Å². The maximum atomic E-state index is 2.48. The molecule has 10 rings (SSSR count). The third-order valence-electron chi connectivity index (χ3n) is 11.3. The van der Waals surface area contributed by atoms with E-state index in [1.165, 1.54) is 89.1 Å². The summed E-state index contributed by atoms with van der Waals surface area (Å²) in [4.78, 5) is 0. The maximum absolute atomic E-state index is 2.48. The number of aromatic nitrogens is 2. The topological polar surface area (TPSA) is 9.86 Å². The van der Waals surface area contributed by atoms with Gasteiger partial charge in [-0.3, -0.25) is 0 Å². The van der Waals surface area contributed by atoms with E-state index >= 15 is 0 Å². The monoisotopic (exact) mass is 616 g/mol. The molecule has 2 aliphatic rings. The fourth-order valence-corrected chi connectivity index (χ4v) is 9.15. The minimum atomic E-state index is -0.115. The number of fused-ring (bicyclic) bond motifs is 10. The normalized spacial score (nSPS) is 15.0. The predicted molar refractivity (Wildman–Crippen MR) is 201 cm³/mol. The first-order valence-electron chi connectivity index (χ1n) is 17.0. The molecule has 2 heteroatoms. The largest absolute Gasteiger partial charge is 0.309 e. The number of hydrogen-bond donors (Lipinski definition) is 0. The summed E-state index contributed by atoms with van der Waals surface area (Å²) in [6, 6.07) is 53.9. The van der Waals surface area contributed by atoms with Crippen LogP contribution in [0.4, 0.5) is 0 Å². The minimum Gasteiger partial charge on any atom is -0.309 e. The van der Waals surface area contributed by atoms with Gasteiger partial charge in [-0.1, -0.05) is 125 Å². The second-order valence-electron chi connectivity index (χ2n) is 14.6. The van der Waals surface area contributed by atoms with Crippen molar-refractivity contribution in [2.24, 2.45) is 0 Å². The first kappa shape index (κ1) is 27.5. The molecule has 6 aromatic carbocycles. The lowest BCUT2D eigenvalue weighted by Crippen LogP contribution is -2.14. The molecule has 0 fully saturated rings. The van der Waals surface area contributed by atoms with Crippen LogP contribution in [0.25, 0.3) is 66.8 Å². The zero-order valence-electron chi connectivity index (χ0n) is 27.8. The summed E-state index contributed by atoms with van der Waals surface area (Å²) in [6.45, 7) is 9.56. The number of para-hydroxylation sites is 2. The van der Waals surface area contributed by atoms with Crippen LogP contribution < -0.4 is 0 Å². The van der Waals surface area contributed by atoms with E-state index in [9.17, 15) is 0 Å². The summed E-state index contributed by atoms with van der Waals surface area (Å²) in [7, 11) is 0. The summed E-state index contributed by atoms with van der Waals surface area (Å²) < 4.78 is 4.97. The van der Waals surface area contributed by atoms with Gasteiger partial charge in [-0.05, 0) is 81.9 Å². The van der Waals surface area contributed by atoms with E-state index < -0.39 is 0 Å². The molecule has 0 N–H and O–H groups in total. The van der Waals surface area contributed by atoms with Crippen LogP contribution in [0.2, 0.25) is 0 Å². The van der Waals surface area contributed by atoms with E-state index in [4.69, 9.17) is 0 Å². The standard InChI is InChI=1S/C46H36N2/c1-45(2)37-21-13-11-19-33(37)43-41(45)35-27-29(23-25-39(35)47(43)31-15-7-5-8-16-31)30-24-26-40-36(28-30)42-44(48(40)32-17-9-6-10-18-32)34-20-12-14-22-38(34)46(42,3)4/h5-28H,1-4H3. The first-order valence-corrected chi connectivity index (χ1v) is 17.0. The van der Waals surface area contributed by atoms with E-state index in [1.807, 2.05) is 0 Å². The number of benzene rings is 6. The quantitative estimate of drug-likeness (QED) is 0.187. The highest BCUT2D eigenvalue weighted by Crippen LogP contribution is 2.56. The van der Waals surface area contributed by atoms with Gasteiger partial charge < -0.3 is 9.13 Å². The van der Waals surface area contributed by atoms with Crippen molar-refractivity contribution in [1.29, 1.82) is 0 Å². The Balaban J connectivity index is 1.24. The molecule has 2 nitrogen and oxygen atoms in total. The zero-order valence-corrected chi connectivity index (χ0v) is 27.8. The molecule has 0 atom stereocenters. The molecule has 2 aliphatic carbocycles. The van der Waals surface area contributed by atoms with Gasteiger partial charge in [0.1, 0.15) is 0 Å². The highest BCUT2D eigenvalue weighted by atomic mass is 15.0. The van der Waals surface area contributed by atoms with Crippen LogP contribution in [0, 0.1) is 0 Å². The second kappa shape index (κ2) is 9.49. The average molecular weight is 617 g/mol. The molecule has 0 radical (unpaired) electrons. The van der Waals surface area contributed by atoms with Crippen LogP contribution in [0.5, 0.6) is 0 Å². The van der Waals surface area contributed by atoms with E-state index in [0.717, 1.165) is 0 Å². The molecule has 2 aromatic heterocycles. The molecule has 48 heavy (non-hydrogen) atoms. The summed E-state index contributed by atoms with van der Waals surface area (Å²) in [5.41, 5.74) is 18.1. The molecule has 0 aliphatic heterocycles. The van der Waals surface area contributed by atoms with Gasteiger partial charge in [-0.2, -0.15) is 0 Å². The molecule has 2 heterocycles. The van der Waals surface area contributed by atoms with Crippen LogP contribution in [-0.4, -0.2) is 9.13 Å². The Bertz CT molecular complexity index is 2410. The van der Waals surface area contributed by atoms with Gasteiger partial charge in [0.05, 0.1) is 22.4 Å². The van der Waals surface area contributed by atoms with E-state index in [1.54, 1.807) is 0 Å². The van der Waals surface area contributed by atoms with Gasteiger partial charge in [0, 0.05) is 44.1 Å². The maximum Gasteiger partial charge on any atom is 0.0584 e. The van der Waals surface area contributed by atoms with Crippen molar-refractivity contribution >= 4 is 21.8 Å². The number of hydrogen-bond acceptors (Lipinski definition) is 0. The van der Waals surface area contributed by atoms with Crippen molar-refractivity contribution in [3.05, 3.63) is 168 Å². The summed E-state index contributed by atoms with van der Waals surface area (Å²) in [6.07, 6.45) is 0. The second-order valence-corrected chi connectivity index (χ2v) is 14.6. The van der Waals surface area contributed by atoms with Gasteiger partial charge in [-0.25, -0.2) is 0 Å². The highest BCUT2D eigenvalue weighted by Gasteiger charge is 2.42. The zero-order chi connectivity index (χ0) is 32.4. The summed E-state index contributed by atoms with van der Waals surface area (Å²) in [5.74, 6) is 0. The lowest BCUT2D eigenvalue weighted by atomic mass is 9.81. The molecule has 8 aromatic rings. The Labute approximate surface area is 281 Å².